The van der Waals surface area contributed by atoms with Crippen LogP contribution in [0.25, 0.3) is 0 Å². The monoisotopic (exact) mass is 416 g/mol. The van der Waals surface area contributed by atoms with Crippen molar-refractivity contribution in [2.75, 3.05) is 10.6 Å². The Morgan fingerprint density at radius 1 is 1.04 bits per heavy atom. The maximum Gasteiger partial charge on any atom is 0.265 e. The van der Waals surface area contributed by atoms with Gasteiger partial charge in [-0.15, -0.1) is 23.1 Å². The van der Waals surface area contributed by atoms with Crippen LogP contribution in [-0.2, 0) is 4.79 Å². The third kappa shape index (κ3) is 5.35. The lowest BCUT2D eigenvalue weighted by Crippen LogP contribution is -2.22. The van der Waals surface area contributed by atoms with Gasteiger partial charge in [-0.3, -0.25) is 9.59 Å². The molecule has 0 aliphatic rings. The van der Waals surface area contributed by atoms with Crippen molar-refractivity contribution in [2.45, 2.75) is 17.1 Å². The zero-order valence-electron chi connectivity index (χ0n) is 14.4. The van der Waals surface area contributed by atoms with Crippen molar-refractivity contribution in [3.05, 3.63) is 75.9 Å². The highest BCUT2D eigenvalue weighted by Gasteiger charge is 2.16. The number of anilines is 2. The molecule has 0 radical (unpaired) electrons. The van der Waals surface area contributed by atoms with E-state index in [-0.39, 0.29) is 17.1 Å². The summed E-state index contributed by atoms with van der Waals surface area (Å²) in [4.78, 5) is 26.1. The number of thiophene rings is 1. The molecule has 0 fully saturated rings. The Balaban J connectivity index is 1.62. The summed E-state index contributed by atoms with van der Waals surface area (Å²) in [6, 6.07) is 18.2. The Morgan fingerprint density at radius 3 is 2.59 bits per heavy atom. The molecule has 3 aromatic rings. The zero-order chi connectivity index (χ0) is 19.2. The molecule has 0 aliphatic carbocycles. The first-order valence-electron chi connectivity index (χ1n) is 8.20. The summed E-state index contributed by atoms with van der Waals surface area (Å²) in [5, 5.41) is 7.74. The minimum atomic E-state index is -0.329. The molecule has 0 aliphatic heterocycles. The third-order valence-electron chi connectivity index (χ3n) is 3.65. The van der Waals surface area contributed by atoms with Crippen LogP contribution in [0.15, 0.2) is 70.9 Å². The van der Waals surface area contributed by atoms with E-state index in [0.717, 1.165) is 4.90 Å². The maximum absolute atomic E-state index is 12.4. The van der Waals surface area contributed by atoms with Gasteiger partial charge < -0.3 is 10.6 Å². The van der Waals surface area contributed by atoms with Crippen LogP contribution in [0.2, 0.25) is 5.02 Å². The Hall–Kier alpha value is -2.28. The van der Waals surface area contributed by atoms with Crippen molar-refractivity contribution in [1.29, 1.82) is 0 Å². The minimum Gasteiger partial charge on any atom is -0.324 e. The first kappa shape index (κ1) is 19.5. The summed E-state index contributed by atoms with van der Waals surface area (Å²) >= 11 is 8.89. The number of benzene rings is 2. The third-order valence-corrected chi connectivity index (χ3v) is 5.94. The Bertz CT molecular complexity index is 945. The van der Waals surface area contributed by atoms with E-state index >= 15 is 0 Å². The molecule has 0 spiro atoms. The van der Waals surface area contributed by atoms with Gasteiger partial charge in [0.15, 0.2) is 0 Å². The Morgan fingerprint density at radius 2 is 1.85 bits per heavy atom. The average molecular weight is 417 g/mol. The average Bonchev–Trinajstić information content (AvgIpc) is 3.19. The predicted octanol–water partition coefficient (Wildman–Crippen LogP) is 5.77. The van der Waals surface area contributed by atoms with Gasteiger partial charge in [-0.1, -0.05) is 35.9 Å². The molecule has 1 atom stereocenters. The van der Waals surface area contributed by atoms with Gasteiger partial charge in [-0.2, -0.15) is 0 Å². The number of carbonyl (C=O) groups is 2. The number of rotatable bonds is 6. The molecule has 0 saturated carbocycles. The van der Waals surface area contributed by atoms with Gasteiger partial charge in [0, 0.05) is 10.6 Å². The van der Waals surface area contributed by atoms with Crippen LogP contribution >= 0.6 is 34.7 Å². The van der Waals surface area contributed by atoms with E-state index in [1.165, 1.54) is 23.1 Å². The van der Waals surface area contributed by atoms with Crippen LogP contribution in [0, 0.1) is 0 Å². The number of amides is 2. The van der Waals surface area contributed by atoms with Crippen molar-refractivity contribution in [1.82, 2.24) is 0 Å². The van der Waals surface area contributed by atoms with Gasteiger partial charge in [0.1, 0.15) is 0 Å². The quantitative estimate of drug-likeness (QED) is 0.501. The molecule has 7 heteroatoms. The van der Waals surface area contributed by atoms with E-state index in [9.17, 15) is 9.59 Å². The SMILES string of the molecule is CC(Sc1cccc(NC(=O)c2cccs2)c1)C(=O)Nc1ccccc1Cl. The van der Waals surface area contributed by atoms with Crippen molar-refractivity contribution >= 4 is 57.9 Å². The second kappa shape index (κ2) is 9.08. The van der Waals surface area contributed by atoms with E-state index in [0.29, 0.717) is 21.3 Å². The van der Waals surface area contributed by atoms with Crippen LogP contribution in [-0.4, -0.2) is 17.1 Å². The van der Waals surface area contributed by atoms with Crippen LogP contribution < -0.4 is 10.6 Å². The molecule has 1 aromatic heterocycles. The lowest BCUT2D eigenvalue weighted by Gasteiger charge is -2.13. The summed E-state index contributed by atoms with van der Waals surface area (Å²) in [7, 11) is 0. The van der Waals surface area contributed by atoms with Gasteiger partial charge in [-0.25, -0.2) is 0 Å². The molecule has 138 valence electrons. The van der Waals surface area contributed by atoms with Gasteiger partial charge >= 0.3 is 0 Å². The van der Waals surface area contributed by atoms with Gasteiger partial charge in [0.2, 0.25) is 5.91 Å². The zero-order valence-corrected chi connectivity index (χ0v) is 16.8. The molecule has 0 bridgehead atoms. The van der Waals surface area contributed by atoms with Crippen LogP contribution in [0.1, 0.15) is 16.6 Å². The number of carbonyl (C=O) groups excluding carboxylic acids is 2. The largest absolute Gasteiger partial charge is 0.324 e. The fraction of sp³-hybridized carbons (Fsp3) is 0.100. The van der Waals surface area contributed by atoms with Crippen LogP contribution in [0.4, 0.5) is 11.4 Å². The summed E-state index contributed by atoms with van der Waals surface area (Å²) in [6.07, 6.45) is 0. The molecule has 1 unspecified atom stereocenters. The Kier molecular flexibility index (Phi) is 6.55. The van der Waals surface area contributed by atoms with Gasteiger partial charge in [0.25, 0.3) is 5.91 Å². The van der Waals surface area contributed by atoms with Gasteiger partial charge in [-0.05, 0) is 48.7 Å². The molecular weight excluding hydrogens is 400 g/mol. The molecule has 3 rings (SSSR count). The molecule has 0 saturated heterocycles. The van der Waals surface area contributed by atoms with Crippen molar-refractivity contribution in [3.63, 3.8) is 0 Å². The highest BCUT2D eigenvalue weighted by molar-refractivity contribution is 8.00. The number of hydrogen-bond acceptors (Lipinski definition) is 4. The fourth-order valence-electron chi connectivity index (χ4n) is 2.30. The molecule has 1 heterocycles. The summed E-state index contributed by atoms with van der Waals surface area (Å²) in [5.41, 5.74) is 1.28. The molecule has 27 heavy (non-hydrogen) atoms. The van der Waals surface area contributed by atoms with Crippen molar-refractivity contribution < 1.29 is 9.59 Å². The molecular formula is C20H17ClN2O2S2. The molecule has 4 nitrogen and oxygen atoms in total. The van der Waals surface area contributed by atoms with E-state index < -0.39 is 0 Å². The van der Waals surface area contributed by atoms with Crippen LogP contribution in [0.5, 0.6) is 0 Å². The normalized spacial score (nSPS) is 11.6. The molecule has 2 amide bonds. The lowest BCUT2D eigenvalue weighted by atomic mass is 10.3. The highest BCUT2D eigenvalue weighted by Crippen LogP contribution is 2.28. The predicted molar refractivity (Wildman–Crippen MR) is 114 cm³/mol. The number of halogens is 1. The maximum atomic E-state index is 12.4. The topological polar surface area (TPSA) is 58.2 Å². The molecule has 2 aromatic carbocycles. The lowest BCUT2D eigenvalue weighted by molar-refractivity contribution is -0.115. The molecule has 2 N–H and O–H groups in total. The summed E-state index contributed by atoms with van der Waals surface area (Å²) in [6.45, 7) is 1.83. The van der Waals surface area contributed by atoms with E-state index in [1.54, 1.807) is 18.2 Å². The van der Waals surface area contributed by atoms with E-state index in [4.69, 9.17) is 11.6 Å². The number of para-hydroxylation sites is 1. The smallest absolute Gasteiger partial charge is 0.265 e. The Labute approximate surface area is 170 Å². The summed E-state index contributed by atoms with van der Waals surface area (Å²) < 4.78 is 0. The number of thioether (sulfide) groups is 1. The second-order valence-electron chi connectivity index (χ2n) is 5.69. The van der Waals surface area contributed by atoms with E-state index in [1.807, 2.05) is 54.8 Å². The van der Waals surface area contributed by atoms with Gasteiger partial charge in [0.05, 0.1) is 20.8 Å². The highest BCUT2D eigenvalue weighted by atomic mass is 35.5. The fourth-order valence-corrected chi connectivity index (χ4v) is 4.03. The first-order valence-corrected chi connectivity index (χ1v) is 10.3. The van der Waals surface area contributed by atoms with E-state index in [2.05, 4.69) is 10.6 Å². The van der Waals surface area contributed by atoms with Crippen molar-refractivity contribution in [2.24, 2.45) is 0 Å². The minimum absolute atomic E-state index is 0.138. The second-order valence-corrected chi connectivity index (χ2v) is 8.46. The van der Waals surface area contributed by atoms with Crippen molar-refractivity contribution in [3.8, 4) is 0 Å². The number of nitrogens with one attached hydrogen (secondary N) is 2. The standard InChI is InChI=1S/C20H17ClN2O2S2/c1-13(19(24)23-17-9-3-2-8-16(17)21)27-15-7-4-6-14(12-15)22-20(25)18-10-5-11-26-18/h2-13H,1H3,(H,22,25)(H,23,24). The number of hydrogen-bond donors (Lipinski definition) is 2. The summed E-state index contributed by atoms with van der Waals surface area (Å²) in [5.74, 6) is -0.280. The first-order chi connectivity index (χ1) is 13.0. The van der Waals surface area contributed by atoms with Crippen LogP contribution in [0.3, 0.4) is 0 Å².